The molecule has 0 spiro atoms. The molecule has 162 valence electrons. The average Bonchev–Trinajstić information content (AvgIpc) is 2.79. The van der Waals surface area contributed by atoms with Gasteiger partial charge in [0, 0.05) is 46.4 Å². The highest BCUT2D eigenvalue weighted by molar-refractivity contribution is 5.79. The molecule has 0 atom stereocenters. The summed E-state index contributed by atoms with van der Waals surface area (Å²) >= 11 is 0. The van der Waals surface area contributed by atoms with Crippen molar-refractivity contribution in [3.05, 3.63) is 65.7 Å². The van der Waals surface area contributed by atoms with Crippen molar-refractivity contribution >= 4 is 5.96 Å². The Labute approximate surface area is 180 Å². The first-order valence-electron chi connectivity index (χ1n) is 10.7. The quantitative estimate of drug-likeness (QED) is 0.378. The zero-order chi connectivity index (χ0) is 21.0. The third kappa shape index (κ3) is 7.35. The molecule has 30 heavy (non-hydrogen) atoms. The Morgan fingerprint density at radius 3 is 2.40 bits per heavy atom. The van der Waals surface area contributed by atoms with Crippen molar-refractivity contribution in [1.29, 1.82) is 0 Å². The third-order valence-electron chi connectivity index (χ3n) is 5.34. The summed E-state index contributed by atoms with van der Waals surface area (Å²) < 4.78 is 10.6. The Bertz CT molecular complexity index is 757. The number of nitrogens with zero attached hydrogens (tertiary/aromatic N) is 2. The van der Waals surface area contributed by atoms with E-state index in [0.717, 1.165) is 50.7 Å². The molecule has 1 saturated heterocycles. The molecule has 0 bridgehead atoms. The molecule has 3 rings (SSSR count). The highest BCUT2D eigenvalue weighted by Crippen LogP contribution is 2.14. The van der Waals surface area contributed by atoms with Gasteiger partial charge in [0.2, 0.25) is 0 Å². The molecule has 1 heterocycles. The second-order valence-electron chi connectivity index (χ2n) is 7.59. The molecule has 0 aliphatic carbocycles. The monoisotopic (exact) mass is 410 g/mol. The highest BCUT2D eigenvalue weighted by Gasteiger charge is 2.20. The van der Waals surface area contributed by atoms with Crippen LogP contribution in [0, 0.1) is 0 Å². The number of aliphatic imine (C=N–C) groups is 1. The van der Waals surface area contributed by atoms with Gasteiger partial charge >= 0.3 is 0 Å². The third-order valence-corrected chi connectivity index (χ3v) is 5.34. The molecule has 2 aromatic carbocycles. The first-order chi connectivity index (χ1) is 14.8. The summed E-state index contributed by atoms with van der Waals surface area (Å²) in [5, 5.41) is 7.00. The summed E-state index contributed by atoms with van der Waals surface area (Å²) in [5.41, 5.74) is 2.58. The number of benzene rings is 2. The topological polar surface area (TPSA) is 58.1 Å². The van der Waals surface area contributed by atoms with Gasteiger partial charge in [-0.2, -0.15) is 0 Å². The van der Waals surface area contributed by atoms with Gasteiger partial charge in [0.25, 0.3) is 0 Å². The minimum atomic E-state index is 0.458. The Hall–Kier alpha value is -2.57. The van der Waals surface area contributed by atoms with Gasteiger partial charge < -0.3 is 20.1 Å². The number of nitrogens with one attached hydrogen (secondary N) is 2. The maximum absolute atomic E-state index is 5.61. The lowest BCUT2D eigenvalue weighted by Gasteiger charge is -2.33. The van der Waals surface area contributed by atoms with Gasteiger partial charge in [0.1, 0.15) is 12.4 Å². The van der Waals surface area contributed by atoms with Crippen molar-refractivity contribution in [3.8, 4) is 5.75 Å². The maximum atomic E-state index is 5.61. The van der Waals surface area contributed by atoms with Crippen molar-refractivity contribution in [1.82, 2.24) is 15.5 Å². The normalized spacial score (nSPS) is 15.7. The van der Waals surface area contributed by atoms with E-state index in [2.05, 4.69) is 63.0 Å². The van der Waals surface area contributed by atoms with Crippen LogP contribution < -0.4 is 15.4 Å². The summed E-state index contributed by atoms with van der Waals surface area (Å²) in [7, 11) is 3.50. The van der Waals surface area contributed by atoms with E-state index in [4.69, 9.17) is 9.47 Å². The number of ether oxygens (including phenoxy) is 2. The Balaban J connectivity index is 1.38. The number of methoxy groups -OCH3 is 1. The smallest absolute Gasteiger partial charge is 0.191 e. The van der Waals surface area contributed by atoms with Gasteiger partial charge in [-0.1, -0.05) is 42.5 Å². The van der Waals surface area contributed by atoms with E-state index in [1.807, 2.05) is 19.2 Å². The van der Waals surface area contributed by atoms with Crippen LogP contribution in [0.3, 0.4) is 0 Å². The lowest BCUT2D eigenvalue weighted by molar-refractivity contribution is 0.146. The molecule has 1 aliphatic heterocycles. The number of hydrogen-bond donors (Lipinski definition) is 2. The molecule has 0 aromatic heterocycles. The molecule has 0 amide bonds. The standard InChI is InChI=1S/C24H34N4O2/c1-25-24(26-18-20-8-10-23(11-9-20)30-17-16-29-2)27-22-12-14-28(15-13-22)19-21-6-4-3-5-7-21/h3-11,22H,12-19H2,1-2H3,(H2,25,26,27). The van der Waals surface area contributed by atoms with E-state index in [-0.39, 0.29) is 0 Å². The molecule has 2 aromatic rings. The van der Waals surface area contributed by atoms with E-state index in [1.165, 1.54) is 11.1 Å². The van der Waals surface area contributed by atoms with E-state index in [0.29, 0.717) is 19.3 Å². The van der Waals surface area contributed by atoms with Gasteiger partial charge in [0.15, 0.2) is 5.96 Å². The van der Waals surface area contributed by atoms with Crippen molar-refractivity contribution in [2.75, 3.05) is 40.5 Å². The van der Waals surface area contributed by atoms with Gasteiger partial charge in [-0.15, -0.1) is 0 Å². The van der Waals surface area contributed by atoms with Gasteiger partial charge in [-0.3, -0.25) is 9.89 Å². The fourth-order valence-corrected chi connectivity index (χ4v) is 3.60. The lowest BCUT2D eigenvalue weighted by Crippen LogP contribution is -2.48. The summed E-state index contributed by atoms with van der Waals surface area (Å²) in [5.74, 6) is 1.72. The summed E-state index contributed by atoms with van der Waals surface area (Å²) in [6.07, 6.45) is 2.25. The average molecular weight is 411 g/mol. The lowest BCUT2D eigenvalue weighted by atomic mass is 10.0. The van der Waals surface area contributed by atoms with E-state index in [1.54, 1.807) is 7.11 Å². The Morgan fingerprint density at radius 1 is 1.00 bits per heavy atom. The number of piperidine rings is 1. The zero-order valence-corrected chi connectivity index (χ0v) is 18.1. The van der Waals surface area contributed by atoms with Crippen LogP contribution >= 0.6 is 0 Å². The highest BCUT2D eigenvalue weighted by atomic mass is 16.5. The first kappa shape index (κ1) is 22.1. The molecule has 6 heteroatoms. The molecule has 6 nitrogen and oxygen atoms in total. The van der Waals surface area contributed by atoms with Crippen molar-refractivity contribution in [2.45, 2.75) is 32.0 Å². The number of rotatable bonds is 9. The van der Waals surface area contributed by atoms with Crippen LogP contribution in [-0.2, 0) is 17.8 Å². The predicted molar refractivity (Wildman–Crippen MR) is 122 cm³/mol. The van der Waals surface area contributed by atoms with Crippen molar-refractivity contribution in [2.24, 2.45) is 4.99 Å². The fourth-order valence-electron chi connectivity index (χ4n) is 3.60. The SMILES string of the molecule is CN=C(NCc1ccc(OCCOC)cc1)NC1CCN(Cc2ccccc2)CC1. The maximum Gasteiger partial charge on any atom is 0.191 e. The fraction of sp³-hybridized carbons (Fsp3) is 0.458. The van der Waals surface area contributed by atoms with Crippen molar-refractivity contribution in [3.63, 3.8) is 0 Å². The number of guanidine groups is 1. The molecule has 1 fully saturated rings. The zero-order valence-electron chi connectivity index (χ0n) is 18.1. The summed E-state index contributed by atoms with van der Waals surface area (Å²) in [6.45, 7) is 5.13. The van der Waals surface area contributed by atoms with Gasteiger partial charge in [0.05, 0.1) is 6.61 Å². The van der Waals surface area contributed by atoms with E-state index >= 15 is 0 Å². The van der Waals surface area contributed by atoms with Crippen LogP contribution in [0.2, 0.25) is 0 Å². The molecule has 0 saturated carbocycles. The summed E-state index contributed by atoms with van der Waals surface area (Å²) in [6, 6.07) is 19.3. The second-order valence-corrected chi connectivity index (χ2v) is 7.59. The van der Waals surface area contributed by atoms with E-state index < -0.39 is 0 Å². The van der Waals surface area contributed by atoms with E-state index in [9.17, 15) is 0 Å². The number of hydrogen-bond acceptors (Lipinski definition) is 4. The molecule has 1 aliphatic rings. The van der Waals surface area contributed by atoms with Crippen LogP contribution in [0.5, 0.6) is 5.75 Å². The van der Waals surface area contributed by atoms with Crippen LogP contribution in [0.1, 0.15) is 24.0 Å². The van der Waals surface area contributed by atoms with Crippen LogP contribution in [0.15, 0.2) is 59.6 Å². The van der Waals surface area contributed by atoms with Gasteiger partial charge in [-0.25, -0.2) is 0 Å². The molecule has 0 unspecified atom stereocenters. The minimum Gasteiger partial charge on any atom is -0.491 e. The summed E-state index contributed by atoms with van der Waals surface area (Å²) in [4.78, 5) is 6.92. The van der Waals surface area contributed by atoms with Crippen LogP contribution in [0.4, 0.5) is 0 Å². The Morgan fingerprint density at radius 2 is 1.73 bits per heavy atom. The van der Waals surface area contributed by atoms with Crippen molar-refractivity contribution < 1.29 is 9.47 Å². The van der Waals surface area contributed by atoms with Crippen LogP contribution in [0.25, 0.3) is 0 Å². The minimum absolute atomic E-state index is 0.458. The molecule has 2 N–H and O–H groups in total. The van der Waals surface area contributed by atoms with Gasteiger partial charge in [-0.05, 0) is 36.1 Å². The largest absolute Gasteiger partial charge is 0.491 e. The Kier molecular flexibility index (Phi) is 9.00. The van der Waals surface area contributed by atoms with Crippen LogP contribution in [-0.4, -0.2) is 57.4 Å². The second kappa shape index (κ2) is 12.2. The molecular formula is C24H34N4O2. The first-order valence-corrected chi connectivity index (χ1v) is 10.7. The predicted octanol–water partition coefficient (Wildman–Crippen LogP) is 3.04. The number of likely N-dealkylation sites (tertiary alicyclic amines) is 1. The molecular weight excluding hydrogens is 376 g/mol. The molecule has 0 radical (unpaired) electrons.